The molecule has 0 aliphatic carbocycles. The Labute approximate surface area is 124 Å². The molecule has 0 radical (unpaired) electrons. The Kier molecular flexibility index (Phi) is 3.91. The van der Waals surface area contributed by atoms with Crippen molar-refractivity contribution in [3.05, 3.63) is 59.7 Å². The summed E-state index contributed by atoms with van der Waals surface area (Å²) in [7, 11) is 0. The standard InChI is InChI=1S/C18H19NO2/c20-18(21)10-5-13-19-16-8-3-1-6-14(16)11-12-15-7-2-4-9-17(15)19/h1-4,6-9H,5,10-13H2,(H,20,21). The topological polar surface area (TPSA) is 40.5 Å². The molecule has 0 fully saturated rings. The number of carboxylic acids is 1. The van der Waals surface area contributed by atoms with Gasteiger partial charge in [0, 0.05) is 24.3 Å². The normalized spacial score (nSPS) is 13.2. The fraction of sp³-hybridized carbons (Fsp3) is 0.278. The molecule has 21 heavy (non-hydrogen) atoms. The van der Waals surface area contributed by atoms with E-state index < -0.39 is 5.97 Å². The van der Waals surface area contributed by atoms with Gasteiger partial charge in [-0.3, -0.25) is 4.79 Å². The van der Waals surface area contributed by atoms with Gasteiger partial charge in [0.05, 0.1) is 0 Å². The Morgan fingerprint density at radius 1 is 0.952 bits per heavy atom. The number of para-hydroxylation sites is 2. The van der Waals surface area contributed by atoms with Gasteiger partial charge in [-0.1, -0.05) is 36.4 Å². The van der Waals surface area contributed by atoms with Gasteiger partial charge in [0.25, 0.3) is 0 Å². The Hall–Kier alpha value is -2.29. The van der Waals surface area contributed by atoms with Gasteiger partial charge < -0.3 is 10.0 Å². The third-order valence-corrected chi connectivity index (χ3v) is 4.00. The van der Waals surface area contributed by atoms with E-state index in [1.807, 2.05) is 0 Å². The predicted octanol–water partition coefficient (Wildman–Crippen LogP) is 3.79. The van der Waals surface area contributed by atoms with Crippen LogP contribution >= 0.6 is 0 Å². The van der Waals surface area contributed by atoms with Crippen LogP contribution in [-0.2, 0) is 17.6 Å². The van der Waals surface area contributed by atoms with Crippen molar-refractivity contribution < 1.29 is 9.90 Å². The van der Waals surface area contributed by atoms with Gasteiger partial charge >= 0.3 is 5.97 Å². The molecule has 2 aromatic carbocycles. The summed E-state index contributed by atoms with van der Waals surface area (Å²) in [5, 5.41) is 8.87. The van der Waals surface area contributed by atoms with Crippen LogP contribution in [0.2, 0.25) is 0 Å². The van der Waals surface area contributed by atoms with Crippen LogP contribution in [0.3, 0.4) is 0 Å². The maximum absolute atomic E-state index is 10.8. The van der Waals surface area contributed by atoms with E-state index in [9.17, 15) is 4.79 Å². The smallest absolute Gasteiger partial charge is 0.303 e. The lowest BCUT2D eigenvalue weighted by atomic mass is 10.0. The second-order valence-electron chi connectivity index (χ2n) is 5.41. The molecule has 0 atom stereocenters. The van der Waals surface area contributed by atoms with Gasteiger partial charge in [-0.25, -0.2) is 0 Å². The van der Waals surface area contributed by atoms with Crippen molar-refractivity contribution in [2.24, 2.45) is 0 Å². The van der Waals surface area contributed by atoms with Crippen LogP contribution < -0.4 is 4.90 Å². The molecule has 1 aliphatic rings. The highest BCUT2D eigenvalue weighted by molar-refractivity contribution is 5.71. The Morgan fingerprint density at radius 2 is 1.48 bits per heavy atom. The van der Waals surface area contributed by atoms with Gasteiger partial charge in [-0.05, 0) is 42.5 Å². The lowest BCUT2D eigenvalue weighted by Gasteiger charge is -2.26. The summed E-state index contributed by atoms with van der Waals surface area (Å²) in [6.07, 6.45) is 2.92. The number of hydrogen-bond acceptors (Lipinski definition) is 2. The fourth-order valence-corrected chi connectivity index (χ4v) is 3.00. The minimum atomic E-state index is -0.730. The molecule has 108 valence electrons. The van der Waals surface area contributed by atoms with Crippen LogP contribution in [0.1, 0.15) is 24.0 Å². The average Bonchev–Trinajstić information content (AvgIpc) is 2.65. The van der Waals surface area contributed by atoms with E-state index in [4.69, 9.17) is 5.11 Å². The molecule has 3 rings (SSSR count). The molecule has 3 heteroatoms. The molecule has 0 bridgehead atoms. The van der Waals surface area contributed by atoms with Crippen molar-refractivity contribution in [1.29, 1.82) is 0 Å². The largest absolute Gasteiger partial charge is 0.481 e. The number of benzene rings is 2. The molecule has 0 unspecified atom stereocenters. The molecule has 2 aromatic rings. The molecular formula is C18H19NO2. The number of fused-ring (bicyclic) bond motifs is 2. The van der Waals surface area contributed by atoms with Gasteiger partial charge in [-0.2, -0.15) is 0 Å². The molecule has 0 saturated carbocycles. The Morgan fingerprint density at radius 3 is 2.00 bits per heavy atom. The zero-order valence-corrected chi connectivity index (χ0v) is 12.0. The van der Waals surface area contributed by atoms with Crippen molar-refractivity contribution in [2.75, 3.05) is 11.4 Å². The number of aryl methyl sites for hydroxylation is 2. The summed E-state index contributed by atoms with van der Waals surface area (Å²) >= 11 is 0. The van der Waals surface area contributed by atoms with E-state index in [1.165, 1.54) is 22.5 Å². The monoisotopic (exact) mass is 281 g/mol. The van der Waals surface area contributed by atoms with Crippen LogP contribution in [0.4, 0.5) is 11.4 Å². The molecular weight excluding hydrogens is 262 g/mol. The van der Waals surface area contributed by atoms with Gasteiger partial charge in [0.1, 0.15) is 0 Å². The third-order valence-electron chi connectivity index (χ3n) is 4.00. The SMILES string of the molecule is O=C(O)CCCN1c2ccccc2CCc2ccccc21. The first-order valence-corrected chi connectivity index (χ1v) is 7.41. The number of hydrogen-bond donors (Lipinski definition) is 1. The second-order valence-corrected chi connectivity index (χ2v) is 5.41. The molecule has 1 aliphatic heterocycles. The number of aliphatic carboxylic acids is 1. The van der Waals surface area contributed by atoms with E-state index in [1.54, 1.807) is 0 Å². The van der Waals surface area contributed by atoms with E-state index in [0.717, 1.165) is 19.4 Å². The first-order valence-electron chi connectivity index (χ1n) is 7.41. The van der Waals surface area contributed by atoms with Crippen LogP contribution in [-0.4, -0.2) is 17.6 Å². The zero-order valence-electron chi connectivity index (χ0n) is 12.0. The van der Waals surface area contributed by atoms with E-state index in [0.29, 0.717) is 6.42 Å². The molecule has 0 aromatic heterocycles. The molecule has 1 N–H and O–H groups in total. The number of carbonyl (C=O) groups is 1. The second kappa shape index (κ2) is 6.00. The summed E-state index contributed by atoms with van der Waals surface area (Å²) in [6.45, 7) is 0.736. The lowest BCUT2D eigenvalue weighted by molar-refractivity contribution is -0.137. The van der Waals surface area contributed by atoms with Crippen LogP contribution in [0, 0.1) is 0 Å². The molecule has 1 heterocycles. The van der Waals surface area contributed by atoms with Crippen molar-refractivity contribution in [2.45, 2.75) is 25.7 Å². The first kappa shape index (κ1) is 13.7. The summed E-state index contributed by atoms with van der Waals surface area (Å²) in [4.78, 5) is 13.1. The lowest BCUT2D eigenvalue weighted by Crippen LogP contribution is -2.20. The molecule has 0 spiro atoms. The summed E-state index contributed by atoms with van der Waals surface area (Å²) in [6, 6.07) is 16.9. The number of nitrogens with zero attached hydrogens (tertiary/aromatic N) is 1. The van der Waals surface area contributed by atoms with Gasteiger partial charge in [0.2, 0.25) is 0 Å². The highest BCUT2D eigenvalue weighted by Gasteiger charge is 2.19. The van der Waals surface area contributed by atoms with Crippen molar-refractivity contribution >= 4 is 17.3 Å². The van der Waals surface area contributed by atoms with E-state index in [-0.39, 0.29) is 6.42 Å². The van der Waals surface area contributed by atoms with Crippen LogP contribution in [0.25, 0.3) is 0 Å². The Balaban J connectivity index is 1.96. The minimum absolute atomic E-state index is 0.209. The first-order chi connectivity index (χ1) is 10.3. The number of rotatable bonds is 4. The number of carboxylic acid groups (broad SMARTS) is 1. The summed E-state index contributed by atoms with van der Waals surface area (Å²) in [5.74, 6) is -0.730. The van der Waals surface area contributed by atoms with Crippen LogP contribution in [0.15, 0.2) is 48.5 Å². The Bertz CT molecular complexity index is 604. The predicted molar refractivity (Wildman–Crippen MR) is 84.2 cm³/mol. The van der Waals surface area contributed by atoms with Gasteiger partial charge in [-0.15, -0.1) is 0 Å². The molecule has 0 amide bonds. The number of anilines is 2. The maximum atomic E-state index is 10.8. The maximum Gasteiger partial charge on any atom is 0.303 e. The average molecular weight is 281 g/mol. The highest BCUT2D eigenvalue weighted by Crippen LogP contribution is 2.35. The summed E-state index contributed by atoms with van der Waals surface area (Å²) < 4.78 is 0. The third kappa shape index (κ3) is 2.92. The van der Waals surface area contributed by atoms with Crippen molar-refractivity contribution in [3.8, 4) is 0 Å². The van der Waals surface area contributed by atoms with Gasteiger partial charge in [0.15, 0.2) is 0 Å². The van der Waals surface area contributed by atoms with E-state index >= 15 is 0 Å². The quantitative estimate of drug-likeness (QED) is 0.927. The fourth-order valence-electron chi connectivity index (χ4n) is 3.00. The molecule has 3 nitrogen and oxygen atoms in total. The summed E-state index contributed by atoms with van der Waals surface area (Å²) in [5.41, 5.74) is 5.11. The van der Waals surface area contributed by atoms with Crippen molar-refractivity contribution in [1.82, 2.24) is 0 Å². The zero-order chi connectivity index (χ0) is 14.7. The van der Waals surface area contributed by atoms with Crippen molar-refractivity contribution in [3.63, 3.8) is 0 Å². The van der Waals surface area contributed by atoms with E-state index in [2.05, 4.69) is 53.4 Å². The van der Waals surface area contributed by atoms with Crippen LogP contribution in [0.5, 0.6) is 0 Å². The minimum Gasteiger partial charge on any atom is -0.481 e. The molecule has 0 saturated heterocycles. The highest BCUT2D eigenvalue weighted by atomic mass is 16.4.